The molecule has 0 aliphatic rings. The summed E-state index contributed by atoms with van der Waals surface area (Å²) in [4.78, 5) is 50.7. The minimum absolute atomic E-state index is 0.0152. The molecular formula is C29H23F2N5O5. The van der Waals surface area contributed by atoms with Gasteiger partial charge in [0.05, 0.1) is 46.7 Å². The Kier molecular flexibility index (Phi) is 6.16. The van der Waals surface area contributed by atoms with Gasteiger partial charge < -0.3 is 28.6 Å². The van der Waals surface area contributed by atoms with E-state index in [4.69, 9.17) is 10.5 Å². The highest BCUT2D eigenvalue weighted by atomic mass is 19.1. The van der Waals surface area contributed by atoms with Gasteiger partial charge in [0.25, 0.3) is 11.1 Å². The molecule has 41 heavy (non-hydrogen) atoms. The molecule has 6 aromatic rings. The molecule has 0 saturated carbocycles. The summed E-state index contributed by atoms with van der Waals surface area (Å²) in [6.07, 6.45) is 3.62. The van der Waals surface area contributed by atoms with Crippen molar-refractivity contribution in [1.82, 2.24) is 24.4 Å². The topological polar surface area (TPSA) is 126 Å². The van der Waals surface area contributed by atoms with E-state index >= 15 is 4.39 Å². The molecule has 0 spiro atoms. The van der Waals surface area contributed by atoms with Crippen molar-refractivity contribution in [2.75, 3.05) is 27.2 Å². The lowest BCUT2D eigenvalue weighted by Gasteiger charge is -2.15. The van der Waals surface area contributed by atoms with E-state index in [9.17, 15) is 18.8 Å². The van der Waals surface area contributed by atoms with Gasteiger partial charge >= 0.3 is 5.97 Å². The number of esters is 1. The number of rotatable bonds is 7. The Labute approximate surface area is 231 Å². The molecule has 0 unspecified atom stereocenters. The van der Waals surface area contributed by atoms with E-state index in [1.54, 1.807) is 19.0 Å². The zero-order chi connectivity index (χ0) is 29.7. The van der Waals surface area contributed by atoms with Crippen molar-refractivity contribution in [2.45, 2.75) is 6.54 Å². The maximum absolute atomic E-state index is 15.4. The molecule has 4 heterocycles. The van der Waals surface area contributed by atoms with E-state index in [0.29, 0.717) is 6.54 Å². The molecule has 2 aromatic carbocycles. The van der Waals surface area contributed by atoms with Crippen molar-refractivity contribution in [3.05, 3.63) is 98.8 Å². The van der Waals surface area contributed by atoms with Gasteiger partial charge in [0.2, 0.25) is 0 Å². The van der Waals surface area contributed by atoms with Crippen LogP contribution in [0, 0.1) is 11.6 Å². The predicted molar refractivity (Wildman–Crippen MR) is 148 cm³/mol. The summed E-state index contributed by atoms with van der Waals surface area (Å²) < 4.78 is 50.9. The molecule has 6 rings (SSSR count). The Morgan fingerprint density at radius 1 is 1.15 bits per heavy atom. The zero-order valence-electron chi connectivity index (χ0n) is 22.9. The first-order valence-electron chi connectivity index (χ1n) is 13.0. The highest BCUT2D eigenvalue weighted by molar-refractivity contribution is 6.17. The van der Waals surface area contributed by atoms with Crippen LogP contribution in [0.1, 0.15) is 17.4 Å². The third-order valence-electron chi connectivity index (χ3n) is 6.83. The van der Waals surface area contributed by atoms with Gasteiger partial charge in [-0.25, -0.2) is 18.6 Å². The number of aromatic nitrogens is 4. The predicted octanol–water partition coefficient (Wildman–Crippen LogP) is 4.02. The zero-order valence-corrected chi connectivity index (χ0v) is 21.9. The Hall–Kier alpha value is -5.10. The van der Waals surface area contributed by atoms with Gasteiger partial charge in [-0.1, -0.05) is 0 Å². The van der Waals surface area contributed by atoms with Crippen molar-refractivity contribution in [1.29, 1.82) is 0 Å². The summed E-state index contributed by atoms with van der Waals surface area (Å²) in [6, 6.07) is 6.05. The number of likely N-dealkylation sites (N-methyl/N-ethyl adjacent to an activating group) is 1. The molecule has 0 bridgehead atoms. The summed E-state index contributed by atoms with van der Waals surface area (Å²) in [6.45, 7) is 0.0666. The van der Waals surface area contributed by atoms with Crippen LogP contribution in [0.5, 0.6) is 0 Å². The number of benzene rings is 2. The Morgan fingerprint density at radius 3 is 2.78 bits per heavy atom. The third kappa shape index (κ3) is 4.47. The minimum atomic E-state index is -0.856. The number of furan rings is 1. The first-order chi connectivity index (χ1) is 20.1. The molecule has 0 aliphatic heterocycles. The molecule has 10 nitrogen and oxygen atoms in total. The average molecular weight is 561 g/mol. The number of halogens is 2. The molecule has 12 heteroatoms. The van der Waals surface area contributed by atoms with Crippen LogP contribution >= 0.6 is 0 Å². The summed E-state index contributed by atoms with van der Waals surface area (Å²) in [5.74, 6) is -2.21. The lowest BCUT2D eigenvalue weighted by Crippen LogP contribution is -2.22. The van der Waals surface area contributed by atoms with Gasteiger partial charge in [-0.15, -0.1) is 0 Å². The highest BCUT2D eigenvalue weighted by Gasteiger charge is 2.30. The van der Waals surface area contributed by atoms with E-state index in [2.05, 4.69) is 15.0 Å². The number of hydrogen-bond acceptors (Lipinski definition) is 7. The molecule has 208 valence electrons. The smallest absolute Gasteiger partial charge is 0.355 e. The first-order valence-corrected chi connectivity index (χ1v) is 12.5. The second kappa shape index (κ2) is 10.1. The van der Waals surface area contributed by atoms with Crippen molar-refractivity contribution in [3.63, 3.8) is 0 Å². The molecular weight excluding hydrogens is 536 g/mol. The van der Waals surface area contributed by atoms with Gasteiger partial charge in [-0.05, 0) is 50.0 Å². The molecule has 0 fully saturated rings. The van der Waals surface area contributed by atoms with Gasteiger partial charge in [-0.3, -0.25) is 9.59 Å². The van der Waals surface area contributed by atoms with Crippen LogP contribution in [0.3, 0.4) is 0 Å². The highest BCUT2D eigenvalue weighted by Crippen LogP contribution is 2.40. The fourth-order valence-corrected chi connectivity index (χ4v) is 5.03. The molecule has 4 aromatic heterocycles. The second-order valence-electron chi connectivity index (χ2n) is 9.70. The monoisotopic (exact) mass is 560 g/mol. The van der Waals surface area contributed by atoms with E-state index in [0.717, 1.165) is 18.5 Å². The molecule has 0 saturated heterocycles. The quantitative estimate of drug-likeness (QED) is 0.283. The molecule has 2 N–H and O–H groups in total. The van der Waals surface area contributed by atoms with Gasteiger partial charge in [0.1, 0.15) is 29.5 Å². The van der Waals surface area contributed by atoms with Crippen molar-refractivity contribution in [3.8, 4) is 11.1 Å². The SMILES string of the molecule is [2H]c1c[nH]c(=O)c(-c2c(C(=O)OCCN(C)C)n(Cc3cc(F)cc4nc[nH]c(=O)c34)c3cc(F)c4ccoc4c23)c1. The number of carbonyl (C=O) groups is 1. The fraction of sp³-hybridized carbons (Fsp3) is 0.172. The number of H-pyrrole nitrogens is 2. The van der Waals surface area contributed by atoms with Crippen LogP contribution in [-0.4, -0.2) is 57.6 Å². The van der Waals surface area contributed by atoms with Gasteiger partial charge in [0, 0.05) is 30.9 Å². The summed E-state index contributed by atoms with van der Waals surface area (Å²) in [5.41, 5.74) is -0.932. The number of hydrogen-bond donors (Lipinski definition) is 2. The van der Waals surface area contributed by atoms with Crippen LogP contribution in [0.15, 0.2) is 69.2 Å². The van der Waals surface area contributed by atoms with E-state index in [1.807, 2.05) is 0 Å². The summed E-state index contributed by atoms with van der Waals surface area (Å²) in [7, 11) is 3.60. The van der Waals surface area contributed by atoms with Crippen LogP contribution in [0.25, 0.3) is 43.9 Å². The Morgan fingerprint density at radius 2 is 1.98 bits per heavy atom. The summed E-state index contributed by atoms with van der Waals surface area (Å²) >= 11 is 0. The second-order valence-corrected chi connectivity index (χ2v) is 9.70. The largest absolute Gasteiger partial charge is 0.463 e. The number of pyridine rings is 1. The van der Waals surface area contributed by atoms with E-state index in [1.165, 1.54) is 35.2 Å². The van der Waals surface area contributed by atoms with Crippen LogP contribution in [0.4, 0.5) is 8.78 Å². The number of ether oxygens (including phenoxy) is 1. The number of nitrogens with zero attached hydrogens (tertiary/aromatic N) is 3. The molecule has 0 radical (unpaired) electrons. The van der Waals surface area contributed by atoms with Crippen LogP contribution in [0.2, 0.25) is 0 Å². The summed E-state index contributed by atoms with van der Waals surface area (Å²) in [5, 5.41) is 0.378. The van der Waals surface area contributed by atoms with Crippen molar-refractivity contribution < 1.29 is 24.1 Å². The lowest BCUT2D eigenvalue weighted by molar-refractivity contribution is 0.0471. The van der Waals surface area contributed by atoms with Crippen molar-refractivity contribution in [2.24, 2.45) is 0 Å². The van der Waals surface area contributed by atoms with E-state index in [-0.39, 0.29) is 74.4 Å². The first kappa shape index (κ1) is 24.9. The number of carbonyl (C=O) groups excluding carboxylic acids is 1. The van der Waals surface area contributed by atoms with Crippen LogP contribution < -0.4 is 11.1 Å². The lowest BCUT2D eigenvalue weighted by atomic mass is 10.0. The maximum Gasteiger partial charge on any atom is 0.355 e. The van der Waals surface area contributed by atoms with Gasteiger partial charge in [0.15, 0.2) is 0 Å². The third-order valence-corrected chi connectivity index (χ3v) is 6.83. The Balaban J connectivity index is 1.73. The fourth-order valence-electron chi connectivity index (χ4n) is 5.03. The normalized spacial score (nSPS) is 12.1. The van der Waals surface area contributed by atoms with Crippen LogP contribution in [-0.2, 0) is 11.3 Å². The van der Waals surface area contributed by atoms with Crippen molar-refractivity contribution >= 4 is 38.7 Å². The molecule has 0 atom stereocenters. The standard InChI is InChI=1S/C29H23F2N5O5/c1-35(2)7-9-41-29(39)25-23(18-4-3-6-32-27(18)37)24-21(12-19(31)17-5-8-40-26(17)24)36(25)13-15-10-16(30)11-20-22(15)28(38)34-14-33-20/h3-6,8,10-12,14H,7,9,13H2,1-2H3,(H,32,37)(H,33,34,38)/i3D. The average Bonchev–Trinajstić information content (AvgIpc) is 3.53. The number of nitrogens with one attached hydrogen (secondary N) is 2. The molecule has 0 aliphatic carbocycles. The maximum atomic E-state index is 15.4. The van der Waals surface area contributed by atoms with Gasteiger partial charge in [-0.2, -0.15) is 0 Å². The minimum Gasteiger partial charge on any atom is -0.463 e. The van der Waals surface area contributed by atoms with E-state index < -0.39 is 28.7 Å². The number of aromatic amines is 2. The molecule has 0 amide bonds. The Bertz CT molecular complexity index is 2150. The number of fused-ring (bicyclic) bond motifs is 4.